The maximum Gasteiger partial charge on any atom is 0.258 e. The van der Waals surface area contributed by atoms with Gasteiger partial charge in [-0.15, -0.1) is 18.2 Å². The molecular weight excluding hydrogens is 390 g/mol. The molecule has 0 radical (unpaired) electrons. The summed E-state index contributed by atoms with van der Waals surface area (Å²) >= 11 is 2.80. The van der Waals surface area contributed by atoms with E-state index in [1.54, 1.807) is 0 Å². The number of carbonyl (C=O) groups excluding carboxylic acids is 2. The second kappa shape index (κ2) is 9.44. The Balaban J connectivity index is 1.66. The Kier molecular flexibility index (Phi) is 6.97. The van der Waals surface area contributed by atoms with Crippen molar-refractivity contribution < 1.29 is 9.59 Å². The fraction of sp³-hybridized carbons (Fsp3) is 0.476. The highest BCUT2D eigenvalue weighted by Crippen LogP contribution is 2.19. The fourth-order valence-electron chi connectivity index (χ4n) is 3.43. The molecule has 0 N–H and O–H groups in total. The van der Waals surface area contributed by atoms with E-state index in [-0.39, 0.29) is 17.6 Å². The molecule has 2 aromatic rings. The smallest absolute Gasteiger partial charge is 0.258 e. The van der Waals surface area contributed by atoms with Gasteiger partial charge in [-0.3, -0.25) is 9.59 Å². The lowest BCUT2D eigenvalue weighted by Crippen LogP contribution is -2.43. The van der Waals surface area contributed by atoms with Gasteiger partial charge in [0.15, 0.2) is 4.80 Å². The van der Waals surface area contributed by atoms with Gasteiger partial charge in [0.25, 0.3) is 5.91 Å². The van der Waals surface area contributed by atoms with Crippen molar-refractivity contribution in [2.75, 3.05) is 18.1 Å². The molecule has 0 spiro atoms. The fourth-order valence-corrected chi connectivity index (χ4v) is 5.25. The van der Waals surface area contributed by atoms with E-state index in [0.717, 1.165) is 35.2 Å². The molecule has 0 aliphatic carbocycles. The van der Waals surface area contributed by atoms with E-state index in [0.29, 0.717) is 23.1 Å². The number of fused-ring (bicyclic) bond motifs is 1. The summed E-state index contributed by atoms with van der Waals surface area (Å²) in [7, 11) is 0. The molecular formula is C21H25N3O2S2. The average Bonchev–Trinajstić information content (AvgIpc) is 2.98. The summed E-state index contributed by atoms with van der Waals surface area (Å²) in [6.07, 6.45) is 8.81. The van der Waals surface area contributed by atoms with Crippen molar-refractivity contribution in [3.8, 4) is 12.3 Å². The molecule has 1 aromatic carbocycles. The number of rotatable bonds is 5. The number of piperidine rings is 1. The molecule has 1 fully saturated rings. The minimum atomic E-state index is -0.237. The second-order valence-corrected chi connectivity index (χ2v) is 9.07. The highest BCUT2D eigenvalue weighted by atomic mass is 32.2. The van der Waals surface area contributed by atoms with Crippen molar-refractivity contribution in [3.05, 3.63) is 28.6 Å². The molecule has 148 valence electrons. The van der Waals surface area contributed by atoms with Gasteiger partial charge in [-0.05, 0) is 50.8 Å². The van der Waals surface area contributed by atoms with Crippen molar-refractivity contribution in [3.63, 3.8) is 0 Å². The van der Waals surface area contributed by atoms with Crippen LogP contribution in [0.1, 0.15) is 31.7 Å². The first-order valence-electron chi connectivity index (χ1n) is 9.48. The number of aromatic nitrogens is 1. The molecule has 1 aliphatic heterocycles. The van der Waals surface area contributed by atoms with E-state index in [2.05, 4.69) is 23.9 Å². The van der Waals surface area contributed by atoms with Crippen LogP contribution in [0.3, 0.4) is 0 Å². The Hall–Kier alpha value is -2.04. The lowest BCUT2D eigenvalue weighted by atomic mass is 10.0. The third-order valence-corrected chi connectivity index (χ3v) is 6.83. The molecule has 0 bridgehead atoms. The van der Waals surface area contributed by atoms with Crippen LogP contribution in [0.2, 0.25) is 0 Å². The zero-order valence-electron chi connectivity index (χ0n) is 16.3. The van der Waals surface area contributed by atoms with E-state index in [9.17, 15) is 9.59 Å². The summed E-state index contributed by atoms with van der Waals surface area (Å²) in [4.78, 5) is 31.6. The Morgan fingerprint density at radius 2 is 2.18 bits per heavy atom. The topological polar surface area (TPSA) is 54.7 Å². The van der Waals surface area contributed by atoms with Crippen LogP contribution >= 0.6 is 23.1 Å². The molecule has 28 heavy (non-hydrogen) atoms. The second-order valence-electron chi connectivity index (χ2n) is 7.08. The van der Waals surface area contributed by atoms with Gasteiger partial charge in [0, 0.05) is 12.6 Å². The van der Waals surface area contributed by atoms with E-state index < -0.39 is 0 Å². The monoisotopic (exact) mass is 415 g/mol. The van der Waals surface area contributed by atoms with Crippen molar-refractivity contribution in [2.24, 2.45) is 4.99 Å². The van der Waals surface area contributed by atoms with E-state index in [1.807, 2.05) is 28.5 Å². The molecule has 0 saturated carbocycles. The average molecular weight is 416 g/mol. The molecule has 2 heterocycles. The van der Waals surface area contributed by atoms with Crippen LogP contribution < -0.4 is 4.80 Å². The van der Waals surface area contributed by atoms with Gasteiger partial charge < -0.3 is 9.47 Å². The quantitative estimate of drug-likeness (QED) is 0.705. The number of thioether (sulfide) groups is 1. The normalized spacial score (nSPS) is 17.7. The number of nitrogens with zero attached hydrogens (tertiary/aromatic N) is 3. The molecule has 1 aromatic heterocycles. The Bertz CT molecular complexity index is 984. The van der Waals surface area contributed by atoms with E-state index in [1.165, 1.54) is 29.5 Å². The summed E-state index contributed by atoms with van der Waals surface area (Å²) in [6, 6.07) is 6.40. The van der Waals surface area contributed by atoms with Crippen LogP contribution in [-0.4, -0.2) is 45.4 Å². The number of aryl methyl sites for hydroxylation is 1. The van der Waals surface area contributed by atoms with Gasteiger partial charge in [-0.2, -0.15) is 4.99 Å². The number of likely N-dealkylation sites (tertiary alicyclic amines) is 1. The highest BCUT2D eigenvalue weighted by molar-refractivity contribution is 8.00. The van der Waals surface area contributed by atoms with Crippen molar-refractivity contribution >= 4 is 45.1 Å². The first-order chi connectivity index (χ1) is 13.5. The predicted molar refractivity (Wildman–Crippen MR) is 116 cm³/mol. The molecule has 1 saturated heterocycles. The van der Waals surface area contributed by atoms with Crippen LogP contribution in [0.5, 0.6) is 0 Å². The largest absolute Gasteiger partial charge is 0.339 e. The highest BCUT2D eigenvalue weighted by Gasteiger charge is 2.22. The lowest BCUT2D eigenvalue weighted by molar-refractivity contribution is -0.131. The molecule has 7 heteroatoms. The van der Waals surface area contributed by atoms with E-state index >= 15 is 0 Å². The zero-order valence-corrected chi connectivity index (χ0v) is 17.9. The third kappa shape index (κ3) is 4.86. The summed E-state index contributed by atoms with van der Waals surface area (Å²) in [5.41, 5.74) is 2.14. The molecule has 2 amide bonds. The number of benzene rings is 1. The first kappa shape index (κ1) is 20.7. The van der Waals surface area contributed by atoms with Crippen molar-refractivity contribution in [2.45, 2.75) is 45.7 Å². The van der Waals surface area contributed by atoms with Gasteiger partial charge in [0.2, 0.25) is 5.91 Å². The first-order valence-corrected chi connectivity index (χ1v) is 11.4. The summed E-state index contributed by atoms with van der Waals surface area (Å²) in [5, 5.41) is 0. The number of carbonyl (C=O) groups is 2. The summed E-state index contributed by atoms with van der Waals surface area (Å²) in [5.74, 6) is 3.02. The number of thiazole rings is 1. The van der Waals surface area contributed by atoms with Crippen molar-refractivity contribution in [1.82, 2.24) is 9.47 Å². The molecule has 0 unspecified atom stereocenters. The molecule has 3 rings (SSSR count). The number of hydrogen-bond acceptors (Lipinski definition) is 4. The van der Waals surface area contributed by atoms with Gasteiger partial charge in [0.05, 0.1) is 28.3 Å². The van der Waals surface area contributed by atoms with Crippen LogP contribution in [0.15, 0.2) is 23.2 Å². The molecule has 1 aliphatic rings. The predicted octanol–water partition coefficient (Wildman–Crippen LogP) is 3.21. The van der Waals surface area contributed by atoms with Crippen molar-refractivity contribution in [1.29, 1.82) is 0 Å². The third-order valence-electron chi connectivity index (χ3n) is 4.88. The Morgan fingerprint density at radius 3 is 2.93 bits per heavy atom. The lowest BCUT2D eigenvalue weighted by Gasteiger charge is -2.33. The zero-order chi connectivity index (χ0) is 20.1. The van der Waals surface area contributed by atoms with Crippen LogP contribution in [0.25, 0.3) is 10.2 Å². The summed E-state index contributed by atoms with van der Waals surface area (Å²) in [6.45, 7) is 5.32. The van der Waals surface area contributed by atoms with E-state index in [4.69, 9.17) is 6.42 Å². The molecule has 1 atom stereocenters. The number of hydrogen-bond donors (Lipinski definition) is 0. The van der Waals surface area contributed by atoms with Gasteiger partial charge in [-0.1, -0.05) is 23.3 Å². The standard InChI is InChI=1S/C21H25N3O2S2/c1-4-10-24-17-9-8-15(2)12-18(17)28-21(24)22-19(25)13-27-14-20(26)23-11-6-5-7-16(23)3/h1,8-9,12,16H,5-7,10-11,13-14H2,2-3H3/t16-/m1/s1. The van der Waals surface area contributed by atoms with Crippen LogP contribution in [0.4, 0.5) is 0 Å². The van der Waals surface area contributed by atoms with Crippen LogP contribution in [0, 0.1) is 19.3 Å². The SMILES string of the molecule is C#CCn1c(=NC(=O)CSCC(=O)N2CCCC[C@H]2C)sc2cc(C)ccc21. The minimum Gasteiger partial charge on any atom is -0.339 e. The van der Waals surface area contributed by atoms with Gasteiger partial charge in [-0.25, -0.2) is 0 Å². The minimum absolute atomic E-state index is 0.115. The Morgan fingerprint density at radius 1 is 1.36 bits per heavy atom. The summed E-state index contributed by atoms with van der Waals surface area (Å²) < 4.78 is 2.95. The molecule has 5 nitrogen and oxygen atoms in total. The van der Waals surface area contributed by atoms with Gasteiger partial charge in [0.1, 0.15) is 0 Å². The number of amides is 2. The maximum atomic E-state index is 12.4. The maximum absolute atomic E-state index is 12.4. The Labute approximate surface area is 173 Å². The van der Waals surface area contributed by atoms with Crippen LogP contribution in [-0.2, 0) is 16.1 Å². The van der Waals surface area contributed by atoms with Gasteiger partial charge >= 0.3 is 0 Å². The number of terminal acetylenes is 1.